The zero-order valence-electron chi connectivity index (χ0n) is 20.6. The fourth-order valence-corrected chi connectivity index (χ4v) is 4.57. The SMILES string of the molecule is COc1ccc(CNc2cnnc3cc(-c4cc(Cl)ccc4OCC4CNC(=O)C4)ccc23)c(OC)c1. The summed E-state index contributed by atoms with van der Waals surface area (Å²) < 4.78 is 16.9. The second-order valence-corrected chi connectivity index (χ2v) is 9.28. The molecule has 0 radical (unpaired) electrons. The standard InChI is InChI=1S/C28H27ClN4O4/c1-35-21-6-3-19(27(12-21)36-2)14-30-25-15-32-33-24-10-18(4-7-22(24)25)23-11-20(29)5-8-26(23)37-16-17-9-28(34)31-13-17/h3-8,10-12,15,17H,9,13-14,16H2,1-2H3,(H,30,33)(H,31,34). The van der Waals surface area contributed by atoms with Gasteiger partial charge in [0.25, 0.3) is 0 Å². The number of fused-ring (bicyclic) bond motifs is 1. The molecule has 2 heterocycles. The van der Waals surface area contributed by atoms with Gasteiger partial charge in [0.05, 0.1) is 38.2 Å². The molecular formula is C28H27ClN4O4. The highest BCUT2D eigenvalue weighted by molar-refractivity contribution is 6.31. The maximum absolute atomic E-state index is 11.5. The lowest BCUT2D eigenvalue weighted by Gasteiger charge is -2.16. The number of rotatable bonds is 9. The Morgan fingerprint density at radius 2 is 1.95 bits per heavy atom. The van der Waals surface area contributed by atoms with Crippen molar-refractivity contribution in [1.29, 1.82) is 0 Å². The first-order valence-electron chi connectivity index (χ1n) is 11.9. The van der Waals surface area contributed by atoms with Crippen molar-refractivity contribution in [3.05, 3.63) is 71.4 Å². The minimum atomic E-state index is 0.0629. The van der Waals surface area contributed by atoms with Gasteiger partial charge in [0.2, 0.25) is 5.91 Å². The van der Waals surface area contributed by atoms with E-state index in [1.807, 2.05) is 48.5 Å². The summed E-state index contributed by atoms with van der Waals surface area (Å²) in [7, 11) is 3.27. The van der Waals surface area contributed by atoms with Gasteiger partial charge < -0.3 is 24.8 Å². The molecule has 5 rings (SSSR count). The topological polar surface area (TPSA) is 94.6 Å². The van der Waals surface area contributed by atoms with Crippen LogP contribution in [0, 0.1) is 5.92 Å². The first-order valence-corrected chi connectivity index (χ1v) is 12.3. The lowest BCUT2D eigenvalue weighted by Crippen LogP contribution is -2.16. The maximum Gasteiger partial charge on any atom is 0.220 e. The summed E-state index contributed by atoms with van der Waals surface area (Å²) in [5, 5.41) is 16.4. The summed E-state index contributed by atoms with van der Waals surface area (Å²) in [5.74, 6) is 2.40. The van der Waals surface area contributed by atoms with Crippen LogP contribution in [-0.4, -0.2) is 43.5 Å². The molecule has 2 N–H and O–H groups in total. The summed E-state index contributed by atoms with van der Waals surface area (Å²) in [6, 6.07) is 17.3. The number of benzene rings is 3. The molecular weight excluding hydrogens is 492 g/mol. The summed E-state index contributed by atoms with van der Waals surface area (Å²) in [6.07, 6.45) is 2.19. The minimum absolute atomic E-state index is 0.0629. The molecule has 0 saturated carbocycles. The van der Waals surface area contributed by atoms with Crippen LogP contribution in [-0.2, 0) is 11.3 Å². The van der Waals surface area contributed by atoms with Gasteiger partial charge in [0.1, 0.15) is 17.2 Å². The van der Waals surface area contributed by atoms with Gasteiger partial charge in [-0.1, -0.05) is 17.7 Å². The van der Waals surface area contributed by atoms with Crippen LogP contribution in [0.15, 0.2) is 60.8 Å². The van der Waals surface area contributed by atoms with Gasteiger partial charge in [-0.15, -0.1) is 0 Å². The Labute approximate surface area is 219 Å². The third kappa shape index (κ3) is 5.54. The molecule has 0 bridgehead atoms. The number of amides is 1. The fraction of sp³-hybridized carbons (Fsp3) is 0.250. The number of aromatic nitrogens is 2. The summed E-state index contributed by atoms with van der Waals surface area (Å²) in [6.45, 7) is 1.62. The maximum atomic E-state index is 11.5. The predicted octanol–water partition coefficient (Wildman–Crippen LogP) is 5.09. The monoisotopic (exact) mass is 518 g/mol. The number of hydrogen-bond donors (Lipinski definition) is 2. The van der Waals surface area contributed by atoms with Gasteiger partial charge in [-0.3, -0.25) is 4.79 Å². The zero-order valence-corrected chi connectivity index (χ0v) is 21.3. The molecule has 190 valence electrons. The molecule has 0 spiro atoms. The highest BCUT2D eigenvalue weighted by Crippen LogP contribution is 2.35. The van der Waals surface area contributed by atoms with E-state index in [2.05, 4.69) is 20.8 Å². The van der Waals surface area contributed by atoms with E-state index in [4.69, 9.17) is 25.8 Å². The lowest BCUT2D eigenvalue weighted by molar-refractivity contribution is -0.119. The van der Waals surface area contributed by atoms with E-state index in [1.165, 1.54) is 0 Å². The van der Waals surface area contributed by atoms with Crippen LogP contribution in [0.1, 0.15) is 12.0 Å². The Kier molecular flexibility index (Phi) is 7.28. The van der Waals surface area contributed by atoms with Gasteiger partial charge in [0.15, 0.2) is 0 Å². The first-order chi connectivity index (χ1) is 18.0. The molecule has 0 aliphatic carbocycles. The molecule has 1 aromatic heterocycles. The average Bonchev–Trinajstić information content (AvgIpc) is 3.35. The smallest absolute Gasteiger partial charge is 0.220 e. The molecule has 1 unspecified atom stereocenters. The van der Waals surface area contributed by atoms with Crippen molar-refractivity contribution in [1.82, 2.24) is 15.5 Å². The van der Waals surface area contributed by atoms with Crippen molar-refractivity contribution < 1.29 is 19.0 Å². The highest BCUT2D eigenvalue weighted by Gasteiger charge is 2.22. The number of methoxy groups -OCH3 is 2. The Bertz CT molecular complexity index is 1450. The van der Waals surface area contributed by atoms with Crippen LogP contribution in [0.5, 0.6) is 17.2 Å². The molecule has 1 aliphatic rings. The van der Waals surface area contributed by atoms with Gasteiger partial charge in [-0.05, 0) is 48.0 Å². The molecule has 3 aromatic carbocycles. The number of nitrogens with zero attached hydrogens (tertiary/aromatic N) is 2. The van der Waals surface area contributed by atoms with Crippen LogP contribution in [0.25, 0.3) is 22.0 Å². The zero-order chi connectivity index (χ0) is 25.8. The number of carbonyl (C=O) groups excluding carboxylic acids is 1. The highest BCUT2D eigenvalue weighted by atomic mass is 35.5. The van der Waals surface area contributed by atoms with Crippen LogP contribution < -0.4 is 24.8 Å². The molecule has 1 fully saturated rings. The van der Waals surface area contributed by atoms with E-state index < -0.39 is 0 Å². The second kappa shape index (κ2) is 10.9. The summed E-state index contributed by atoms with van der Waals surface area (Å²) in [5.41, 5.74) is 4.35. The molecule has 8 nitrogen and oxygen atoms in total. The molecule has 1 aliphatic heterocycles. The average molecular weight is 519 g/mol. The van der Waals surface area contributed by atoms with E-state index >= 15 is 0 Å². The minimum Gasteiger partial charge on any atom is -0.497 e. The van der Waals surface area contributed by atoms with Crippen LogP contribution in [0.4, 0.5) is 5.69 Å². The van der Waals surface area contributed by atoms with Crippen molar-refractivity contribution in [2.75, 3.05) is 32.7 Å². The van der Waals surface area contributed by atoms with Crippen molar-refractivity contribution in [2.45, 2.75) is 13.0 Å². The number of anilines is 1. The largest absolute Gasteiger partial charge is 0.497 e. The number of hydrogen-bond acceptors (Lipinski definition) is 7. The van der Waals surface area contributed by atoms with Crippen LogP contribution >= 0.6 is 11.6 Å². The van der Waals surface area contributed by atoms with Crippen molar-refractivity contribution in [2.24, 2.45) is 5.92 Å². The van der Waals surface area contributed by atoms with Crippen LogP contribution in [0.2, 0.25) is 5.02 Å². The summed E-state index contributed by atoms with van der Waals surface area (Å²) >= 11 is 6.33. The molecule has 37 heavy (non-hydrogen) atoms. The molecule has 9 heteroatoms. The van der Waals surface area contributed by atoms with Gasteiger partial charge >= 0.3 is 0 Å². The number of carbonyl (C=O) groups is 1. The third-order valence-corrected chi connectivity index (χ3v) is 6.63. The number of halogens is 1. The van der Waals surface area contributed by atoms with E-state index in [-0.39, 0.29) is 11.8 Å². The quantitative estimate of drug-likeness (QED) is 0.318. The third-order valence-electron chi connectivity index (χ3n) is 6.39. The molecule has 1 amide bonds. The Hall–Kier alpha value is -4.04. The molecule has 4 aromatic rings. The lowest BCUT2D eigenvalue weighted by atomic mass is 10.0. The predicted molar refractivity (Wildman–Crippen MR) is 143 cm³/mol. The Morgan fingerprint density at radius 1 is 1.05 bits per heavy atom. The van der Waals surface area contributed by atoms with E-state index in [9.17, 15) is 4.79 Å². The Balaban J connectivity index is 1.39. The van der Waals surface area contributed by atoms with Gasteiger partial charge in [0, 0.05) is 53.0 Å². The molecule has 1 atom stereocenters. The fourth-order valence-electron chi connectivity index (χ4n) is 4.40. The summed E-state index contributed by atoms with van der Waals surface area (Å²) in [4.78, 5) is 11.5. The number of ether oxygens (including phenoxy) is 3. The van der Waals surface area contributed by atoms with E-state index in [0.29, 0.717) is 36.9 Å². The van der Waals surface area contributed by atoms with Crippen molar-refractivity contribution in [3.8, 4) is 28.4 Å². The van der Waals surface area contributed by atoms with Gasteiger partial charge in [-0.2, -0.15) is 10.2 Å². The van der Waals surface area contributed by atoms with E-state index in [0.717, 1.165) is 44.8 Å². The number of nitrogens with one attached hydrogen (secondary N) is 2. The second-order valence-electron chi connectivity index (χ2n) is 8.85. The van der Waals surface area contributed by atoms with E-state index in [1.54, 1.807) is 26.5 Å². The Morgan fingerprint density at radius 3 is 2.73 bits per heavy atom. The van der Waals surface area contributed by atoms with Crippen molar-refractivity contribution in [3.63, 3.8) is 0 Å². The van der Waals surface area contributed by atoms with Crippen molar-refractivity contribution >= 4 is 34.1 Å². The first kappa shape index (κ1) is 24.6. The van der Waals surface area contributed by atoms with Gasteiger partial charge in [-0.25, -0.2) is 0 Å². The normalized spacial score (nSPS) is 14.9. The molecule has 1 saturated heterocycles. The van der Waals surface area contributed by atoms with Crippen LogP contribution in [0.3, 0.4) is 0 Å².